The Morgan fingerprint density at radius 1 is 1.13 bits per heavy atom. The van der Waals surface area contributed by atoms with Gasteiger partial charge >= 0.3 is 5.97 Å². The second-order valence-corrected chi connectivity index (χ2v) is 6.37. The number of thioether (sulfide) groups is 1. The molecule has 4 nitrogen and oxygen atoms in total. The van der Waals surface area contributed by atoms with Crippen LogP contribution in [0.2, 0.25) is 0 Å². The molecule has 0 spiro atoms. The Kier molecular flexibility index (Phi) is 6.24. The third-order valence-electron chi connectivity index (χ3n) is 3.13. The first-order valence-corrected chi connectivity index (χ1v) is 8.75. The van der Waals surface area contributed by atoms with E-state index in [2.05, 4.69) is 15.9 Å². The maximum absolute atomic E-state index is 12.1. The normalized spacial score (nSPS) is 10.2. The van der Waals surface area contributed by atoms with E-state index in [-0.39, 0.29) is 12.4 Å². The van der Waals surface area contributed by atoms with Crippen LogP contribution in [0.5, 0.6) is 5.75 Å². The van der Waals surface area contributed by atoms with Crippen molar-refractivity contribution >= 4 is 39.4 Å². The van der Waals surface area contributed by atoms with Crippen LogP contribution in [-0.2, 0) is 4.74 Å². The summed E-state index contributed by atoms with van der Waals surface area (Å²) in [6.07, 6.45) is 1.93. The van der Waals surface area contributed by atoms with Gasteiger partial charge in [0.2, 0.25) is 0 Å². The maximum atomic E-state index is 12.1. The summed E-state index contributed by atoms with van der Waals surface area (Å²) in [6, 6.07) is 12.1. The Labute approximate surface area is 147 Å². The molecule has 0 atom stereocenters. The van der Waals surface area contributed by atoms with E-state index in [0.717, 1.165) is 9.37 Å². The number of rotatable bonds is 6. The molecule has 2 rings (SSSR count). The summed E-state index contributed by atoms with van der Waals surface area (Å²) in [6.45, 7) is -0.312. The van der Waals surface area contributed by atoms with Gasteiger partial charge in [0.25, 0.3) is 0 Å². The third kappa shape index (κ3) is 4.59. The van der Waals surface area contributed by atoms with Gasteiger partial charge in [-0.05, 0) is 36.6 Å². The lowest BCUT2D eigenvalue weighted by Gasteiger charge is -2.09. The van der Waals surface area contributed by atoms with E-state index in [0.29, 0.717) is 16.9 Å². The summed E-state index contributed by atoms with van der Waals surface area (Å²) in [5, 5.41) is 0. The molecule has 2 aromatic rings. The molecule has 0 aliphatic heterocycles. The summed E-state index contributed by atoms with van der Waals surface area (Å²) in [4.78, 5) is 25.1. The van der Waals surface area contributed by atoms with Crippen molar-refractivity contribution in [2.75, 3.05) is 20.0 Å². The molecule has 0 saturated carbocycles. The number of benzene rings is 2. The Morgan fingerprint density at radius 2 is 1.83 bits per heavy atom. The van der Waals surface area contributed by atoms with Crippen LogP contribution in [0, 0.1) is 0 Å². The lowest BCUT2D eigenvalue weighted by molar-refractivity contribution is 0.0471. The number of methoxy groups -OCH3 is 1. The average Bonchev–Trinajstić information content (AvgIpc) is 2.59. The minimum atomic E-state index is -0.583. The van der Waals surface area contributed by atoms with Crippen molar-refractivity contribution in [2.24, 2.45) is 0 Å². The number of ketones is 1. The zero-order chi connectivity index (χ0) is 16.8. The van der Waals surface area contributed by atoms with Crippen molar-refractivity contribution in [2.45, 2.75) is 4.90 Å². The first kappa shape index (κ1) is 17.6. The molecular weight excluding hydrogens is 380 g/mol. The molecule has 6 heteroatoms. The summed E-state index contributed by atoms with van der Waals surface area (Å²) in [5.41, 5.74) is 0.791. The van der Waals surface area contributed by atoms with Crippen molar-refractivity contribution in [1.29, 1.82) is 0 Å². The molecule has 0 fully saturated rings. The second kappa shape index (κ2) is 8.17. The van der Waals surface area contributed by atoms with Crippen molar-refractivity contribution in [3.05, 3.63) is 58.1 Å². The first-order chi connectivity index (χ1) is 11.0. The molecule has 0 bridgehead atoms. The van der Waals surface area contributed by atoms with Gasteiger partial charge in [0.1, 0.15) is 11.3 Å². The molecule has 0 aliphatic rings. The van der Waals surface area contributed by atoms with Crippen LogP contribution in [0.4, 0.5) is 0 Å². The predicted molar refractivity (Wildman–Crippen MR) is 93.5 cm³/mol. The fraction of sp³-hybridized carbons (Fsp3) is 0.176. The molecule has 23 heavy (non-hydrogen) atoms. The highest BCUT2D eigenvalue weighted by atomic mass is 79.9. The molecule has 0 N–H and O–H groups in total. The number of halogens is 1. The third-order valence-corrected chi connectivity index (χ3v) is 4.38. The Hall–Kier alpha value is -1.79. The van der Waals surface area contributed by atoms with E-state index in [1.54, 1.807) is 54.2 Å². The van der Waals surface area contributed by atoms with Crippen LogP contribution in [0.25, 0.3) is 0 Å². The van der Waals surface area contributed by atoms with E-state index < -0.39 is 5.97 Å². The standard InChI is InChI=1S/C17H15BrO4S/c1-21-16-9-13(23-2)7-8-14(16)17(20)22-10-15(19)11-3-5-12(18)6-4-11/h3-9H,10H2,1-2H3. The quantitative estimate of drug-likeness (QED) is 0.417. The van der Waals surface area contributed by atoms with Crippen molar-refractivity contribution in [1.82, 2.24) is 0 Å². The molecule has 0 aliphatic carbocycles. The summed E-state index contributed by atoms with van der Waals surface area (Å²) < 4.78 is 11.2. The number of hydrogen-bond donors (Lipinski definition) is 0. The number of carbonyl (C=O) groups excluding carboxylic acids is 2. The Balaban J connectivity index is 2.04. The van der Waals surface area contributed by atoms with Gasteiger partial charge in [-0.2, -0.15) is 0 Å². The van der Waals surface area contributed by atoms with Gasteiger partial charge in [0.15, 0.2) is 12.4 Å². The van der Waals surface area contributed by atoms with Gasteiger partial charge < -0.3 is 9.47 Å². The van der Waals surface area contributed by atoms with Crippen molar-refractivity contribution in [3.63, 3.8) is 0 Å². The summed E-state index contributed by atoms with van der Waals surface area (Å²) >= 11 is 4.85. The number of ether oxygens (including phenoxy) is 2. The number of Topliss-reactive ketones (excluding diaryl/α,β-unsaturated/α-hetero) is 1. The minimum Gasteiger partial charge on any atom is -0.496 e. The fourth-order valence-corrected chi connectivity index (χ4v) is 2.59. The molecule has 0 unspecified atom stereocenters. The van der Waals surface area contributed by atoms with Crippen molar-refractivity contribution in [3.8, 4) is 5.75 Å². The van der Waals surface area contributed by atoms with Gasteiger partial charge in [0.05, 0.1) is 7.11 Å². The molecule has 0 aromatic heterocycles. The van der Waals surface area contributed by atoms with E-state index >= 15 is 0 Å². The topological polar surface area (TPSA) is 52.6 Å². The molecule has 120 valence electrons. The second-order valence-electron chi connectivity index (χ2n) is 4.57. The fourth-order valence-electron chi connectivity index (χ4n) is 1.90. The maximum Gasteiger partial charge on any atom is 0.342 e. The van der Waals surface area contributed by atoms with Crippen molar-refractivity contribution < 1.29 is 19.1 Å². The van der Waals surface area contributed by atoms with Gasteiger partial charge in [-0.25, -0.2) is 4.79 Å². The van der Waals surface area contributed by atoms with Gasteiger partial charge in [0, 0.05) is 14.9 Å². The monoisotopic (exact) mass is 394 g/mol. The molecular formula is C17H15BrO4S. The molecule has 2 aromatic carbocycles. The zero-order valence-electron chi connectivity index (χ0n) is 12.7. The SMILES string of the molecule is COc1cc(SC)ccc1C(=O)OCC(=O)c1ccc(Br)cc1. The van der Waals surface area contributed by atoms with Crippen LogP contribution >= 0.6 is 27.7 Å². The van der Waals surface area contributed by atoms with Crippen LogP contribution < -0.4 is 4.74 Å². The van der Waals surface area contributed by atoms with Gasteiger partial charge in [-0.1, -0.05) is 28.1 Å². The highest BCUT2D eigenvalue weighted by molar-refractivity contribution is 9.10. The van der Waals surface area contributed by atoms with E-state index in [1.165, 1.54) is 7.11 Å². The Bertz CT molecular complexity index is 713. The number of carbonyl (C=O) groups is 2. The smallest absolute Gasteiger partial charge is 0.342 e. The lowest BCUT2D eigenvalue weighted by Crippen LogP contribution is -2.15. The first-order valence-electron chi connectivity index (χ1n) is 6.73. The number of hydrogen-bond acceptors (Lipinski definition) is 5. The van der Waals surface area contributed by atoms with E-state index in [9.17, 15) is 9.59 Å². The predicted octanol–water partition coefficient (Wildman–Crippen LogP) is 4.22. The van der Waals surface area contributed by atoms with Gasteiger partial charge in [-0.15, -0.1) is 11.8 Å². The van der Waals surface area contributed by atoms with E-state index in [4.69, 9.17) is 9.47 Å². The molecule has 0 amide bonds. The van der Waals surface area contributed by atoms with Crippen LogP contribution in [0.3, 0.4) is 0 Å². The Morgan fingerprint density at radius 3 is 2.43 bits per heavy atom. The lowest BCUT2D eigenvalue weighted by atomic mass is 10.1. The van der Waals surface area contributed by atoms with E-state index in [1.807, 2.05) is 6.26 Å². The highest BCUT2D eigenvalue weighted by Crippen LogP contribution is 2.26. The average molecular weight is 395 g/mol. The molecule has 0 saturated heterocycles. The number of esters is 1. The minimum absolute atomic E-state index is 0.259. The molecule has 0 radical (unpaired) electrons. The highest BCUT2D eigenvalue weighted by Gasteiger charge is 2.16. The van der Waals surface area contributed by atoms with Crippen LogP contribution in [0.1, 0.15) is 20.7 Å². The zero-order valence-corrected chi connectivity index (χ0v) is 15.1. The van der Waals surface area contributed by atoms with Crippen LogP contribution in [0.15, 0.2) is 51.8 Å². The molecule has 0 heterocycles. The summed E-state index contributed by atoms with van der Waals surface area (Å²) in [7, 11) is 1.49. The van der Waals surface area contributed by atoms with Gasteiger partial charge in [-0.3, -0.25) is 4.79 Å². The van der Waals surface area contributed by atoms with Crippen LogP contribution in [-0.4, -0.2) is 31.7 Å². The summed E-state index contributed by atoms with van der Waals surface area (Å²) in [5.74, 6) is -0.413. The largest absolute Gasteiger partial charge is 0.496 e.